The summed E-state index contributed by atoms with van der Waals surface area (Å²) < 4.78 is 9.92. The molecule has 0 spiro atoms. The third kappa shape index (κ3) is 5.61. The molecule has 0 heterocycles. The first-order chi connectivity index (χ1) is 12.0. The van der Waals surface area contributed by atoms with Gasteiger partial charge in [0.15, 0.2) is 6.61 Å². The predicted octanol–water partition coefficient (Wildman–Crippen LogP) is 2.33. The first-order valence-corrected chi connectivity index (χ1v) is 7.31. The van der Waals surface area contributed by atoms with Crippen LogP contribution >= 0.6 is 0 Å². The van der Waals surface area contributed by atoms with Crippen molar-refractivity contribution in [3.63, 3.8) is 0 Å². The number of methoxy groups -OCH3 is 1. The fourth-order valence-corrected chi connectivity index (χ4v) is 1.99. The van der Waals surface area contributed by atoms with E-state index in [0.29, 0.717) is 11.4 Å². The Morgan fingerprint density at radius 2 is 1.88 bits per heavy atom. The molecule has 0 aromatic heterocycles. The smallest absolute Gasteiger partial charge is 0.309 e. The first-order valence-electron chi connectivity index (χ1n) is 7.31. The lowest BCUT2D eigenvalue weighted by atomic mass is 10.1. The van der Waals surface area contributed by atoms with Gasteiger partial charge >= 0.3 is 5.97 Å². The number of nitro benzene ring substituents is 1. The minimum absolute atomic E-state index is 0.111. The number of amides is 1. The highest BCUT2D eigenvalue weighted by Gasteiger charge is 2.09. The van der Waals surface area contributed by atoms with Gasteiger partial charge in [-0.25, -0.2) is 0 Å². The maximum Gasteiger partial charge on any atom is 0.309 e. The number of rotatable bonds is 7. The lowest BCUT2D eigenvalue weighted by Gasteiger charge is -2.08. The molecule has 0 bridgehead atoms. The molecular formula is C17H16N2O6. The molecule has 0 radical (unpaired) electrons. The number of nitro groups is 1. The van der Waals surface area contributed by atoms with Crippen molar-refractivity contribution in [1.29, 1.82) is 0 Å². The van der Waals surface area contributed by atoms with Crippen LogP contribution in [0.1, 0.15) is 5.56 Å². The minimum atomic E-state index is -0.540. The van der Waals surface area contributed by atoms with Gasteiger partial charge in [0.05, 0.1) is 18.5 Å². The number of esters is 1. The summed E-state index contributed by atoms with van der Waals surface area (Å²) in [4.78, 5) is 33.2. The van der Waals surface area contributed by atoms with Gasteiger partial charge in [0.25, 0.3) is 11.6 Å². The highest BCUT2D eigenvalue weighted by Crippen LogP contribution is 2.17. The van der Waals surface area contributed by atoms with Gasteiger partial charge in [-0.05, 0) is 23.8 Å². The molecular weight excluding hydrogens is 328 g/mol. The van der Waals surface area contributed by atoms with E-state index in [9.17, 15) is 19.7 Å². The molecule has 0 aliphatic heterocycles. The minimum Gasteiger partial charge on any atom is -0.484 e. The van der Waals surface area contributed by atoms with Crippen molar-refractivity contribution in [2.24, 2.45) is 0 Å². The molecule has 1 amide bonds. The zero-order valence-corrected chi connectivity index (χ0v) is 13.4. The normalized spacial score (nSPS) is 9.96. The summed E-state index contributed by atoms with van der Waals surface area (Å²) in [6.07, 6.45) is 0.157. The Labute approximate surface area is 143 Å². The largest absolute Gasteiger partial charge is 0.484 e. The summed E-state index contributed by atoms with van der Waals surface area (Å²) in [5, 5.41) is 13.2. The van der Waals surface area contributed by atoms with Crippen LogP contribution in [0.2, 0.25) is 0 Å². The number of hydrogen-bond donors (Lipinski definition) is 1. The number of hydrogen-bond acceptors (Lipinski definition) is 6. The average Bonchev–Trinajstić information content (AvgIpc) is 2.61. The van der Waals surface area contributed by atoms with Crippen LogP contribution in [-0.4, -0.2) is 30.5 Å². The van der Waals surface area contributed by atoms with Crippen LogP contribution < -0.4 is 10.1 Å². The third-order valence-electron chi connectivity index (χ3n) is 3.21. The van der Waals surface area contributed by atoms with Crippen molar-refractivity contribution >= 4 is 23.3 Å². The average molecular weight is 344 g/mol. The maximum atomic E-state index is 11.9. The SMILES string of the molecule is COC(=O)Cc1ccc(OCC(=O)Nc2cccc([N+](=O)[O-])c2)cc1. The van der Waals surface area contributed by atoms with Crippen LogP contribution in [0.5, 0.6) is 5.75 Å². The number of non-ortho nitro benzene ring substituents is 1. The van der Waals surface area contributed by atoms with Gasteiger partial charge in [-0.15, -0.1) is 0 Å². The second-order valence-corrected chi connectivity index (χ2v) is 5.04. The van der Waals surface area contributed by atoms with Crippen molar-refractivity contribution in [1.82, 2.24) is 0 Å². The lowest BCUT2D eigenvalue weighted by Crippen LogP contribution is -2.20. The molecule has 0 saturated carbocycles. The molecule has 2 aromatic rings. The Kier molecular flexibility index (Phi) is 6.05. The second kappa shape index (κ2) is 8.44. The molecule has 8 nitrogen and oxygen atoms in total. The molecule has 1 N–H and O–H groups in total. The van der Waals surface area contributed by atoms with Gasteiger partial charge in [-0.1, -0.05) is 18.2 Å². The zero-order valence-electron chi connectivity index (χ0n) is 13.4. The Morgan fingerprint density at radius 1 is 1.16 bits per heavy atom. The van der Waals surface area contributed by atoms with Gasteiger partial charge in [0.1, 0.15) is 5.75 Å². The number of ether oxygens (including phenoxy) is 2. The van der Waals surface area contributed by atoms with E-state index in [-0.39, 0.29) is 24.7 Å². The van der Waals surface area contributed by atoms with E-state index >= 15 is 0 Å². The van der Waals surface area contributed by atoms with Crippen LogP contribution in [0, 0.1) is 10.1 Å². The second-order valence-electron chi connectivity index (χ2n) is 5.04. The first kappa shape index (κ1) is 17.9. The molecule has 2 aromatic carbocycles. The summed E-state index contributed by atoms with van der Waals surface area (Å²) >= 11 is 0. The van der Waals surface area contributed by atoms with E-state index < -0.39 is 10.8 Å². The molecule has 130 valence electrons. The van der Waals surface area contributed by atoms with Crippen LogP contribution in [0.4, 0.5) is 11.4 Å². The van der Waals surface area contributed by atoms with Crippen LogP contribution in [0.25, 0.3) is 0 Å². The molecule has 0 fully saturated rings. The fourth-order valence-electron chi connectivity index (χ4n) is 1.99. The van der Waals surface area contributed by atoms with E-state index in [4.69, 9.17) is 4.74 Å². The highest BCUT2D eigenvalue weighted by atomic mass is 16.6. The fraction of sp³-hybridized carbons (Fsp3) is 0.176. The molecule has 0 aliphatic carbocycles. The van der Waals surface area contributed by atoms with Gasteiger partial charge in [-0.2, -0.15) is 0 Å². The highest BCUT2D eigenvalue weighted by molar-refractivity contribution is 5.92. The van der Waals surface area contributed by atoms with Crippen molar-refractivity contribution in [2.75, 3.05) is 19.0 Å². The van der Waals surface area contributed by atoms with E-state index in [2.05, 4.69) is 10.1 Å². The van der Waals surface area contributed by atoms with Gasteiger partial charge < -0.3 is 14.8 Å². The topological polar surface area (TPSA) is 108 Å². The Bertz CT molecular complexity index is 773. The zero-order chi connectivity index (χ0) is 18.2. The summed E-state index contributed by atoms with van der Waals surface area (Å²) in [6.45, 7) is -0.251. The molecule has 25 heavy (non-hydrogen) atoms. The summed E-state index contributed by atoms with van der Waals surface area (Å²) in [5.74, 6) is -0.327. The molecule has 0 aliphatic rings. The van der Waals surface area contributed by atoms with Gasteiger partial charge in [0, 0.05) is 17.8 Å². The summed E-state index contributed by atoms with van der Waals surface area (Å²) in [6, 6.07) is 12.3. The Hall–Kier alpha value is -3.42. The van der Waals surface area contributed by atoms with Crippen molar-refractivity contribution < 1.29 is 24.0 Å². The molecule has 0 atom stereocenters. The van der Waals surface area contributed by atoms with Crippen molar-refractivity contribution in [3.05, 3.63) is 64.2 Å². The predicted molar refractivity (Wildman–Crippen MR) is 89.4 cm³/mol. The van der Waals surface area contributed by atoms with E-state index in [1.54, 1.807) is 30.3 Å². The number of nitrogens with zero attached hydrogens (tertiary/aromatic N) is 1. The van der Waals surface area contributed by atoms with E-state index in [0.717, 1.165) is 5.56 Å². The number of anilines is 1. The quantitative estimate of drug-likeness (QED) is 0.469. The maximum absolute atomic E-state index is 11.9. The van der Waals surface area contributed by atoms with Gasteiger partial charge in [0.2, 0.25) is 0 Å². The van der Waals surface area contributed by atoms with Crippen LogP contribution in [0.15, 0.2) is 48.5 Å². The number of nitrogens with one attached hydrogen (secondary N) is 1. The van der Waals surface area contributed by atoms with Crippen molar-refractivity contribution in [2.45, 2.75) is 6.42 Å². The van der Waals surface area contributed by atoms with Crippen LogP contribution in [-0.2, 0) is 20.7 Å². The Morgan fingerprint density at radius 3 is 2.52 bits per heavy atom. The number of carbonyl (C=O) groups excluding carboxylic acids is 2. The monoisotopic (exact) mass is 344 g/mol. The molecule has 0 saturated heterocycles. The van der Waals surface area contributed by atoms with Gasteiger partial charge in [-0.3, -0.25) is 19.7 Å². The summed E-state index contributed by atoms with van der Waals surface area (Å²) in [5.41, 5.74) is 0.969. The standard InChI is InChI=1S/C17H16N2O6/c1-24-17(21)9-12-5-7-15(8-6-12)25-11-16(20)18-13-3-2-4-14(10-13)19(22)23/h2-8,10H,9,11H2,1H3,(H,18,20). The molecule has 8 heteroatoms. The lowest BCUT2D eigenvalue weighted by molar-refractivity contribution is -0.384. The van der Waals surface area contributed by atoms with E-state index in [1.165, 1.54) is 25.3 Å². The molecule has 0 unspecified atom stereocenters. The van der Waals surface area contributed by atoms with Crippen LogP contribution in [0.3, 0.4) is 0 Å². The Balaban J connectivity index is 1.86. The summed E-state index contributed by atoms with van der Waals surface area (Å²) in [7, 11) is 1.32. The van der Waals surface area contributed by atoms with E-state index in [1.807, 2.05) is 0 Å². The number of benzene rings is 2. The van der Waals surface area contributed by atoms with Crippen molar-refractivity contribution in [3.8, 4) is 5.75 Å². The third-order valence-corrected chi connectivity index (χ3v) is 3.21. The number of carbonyl (C=O) groups is 2. The molecule has 2 rings (SSSR count).